The van der Waals surface area contributed by atoms with Crippen molar-refractivity contribution in [2.45, 2.75) is 0 Å². The summed E-state index contributed by atoms with van der Waals surface area (Å²) >= 11 is 17.1. The first kappa shape index (κ1) is 13.1. The summed E-state index contributed by atoms with van der Waals surface area (Å²) in [6, 6.07) is 2.78. The smallest absolute Gasteiger partial charge is 0.311 e. The Morgan fingerprint density at radius 1 is 1.20 bits per heavy atom. The van der Waals surface area contributed by atoms with Crippen molar-refractivity contribution >= 4 is 48.2 Å². The zero-order valence-corrected chi connectivity index (χ0v) is 10.2. The van der Waals surface area contributed by atoms with Crippen molar-refractivity contribution in [3.8, 4) is 0 Å². The van der Waals surface area contributed by atoms with E-state index in [-0.39, 0.29) is 15.7 Å². The first-order valence-electron chi connectivity index (χ1n) is 3.53. The number of nitrogens with one attached hydrogen (secondary N) is 2. The van der Waals surface area contributed by atoms with Gasteiger partial charge in [-0.1, -0.05) is 34.8 Å². The molecule has 1 aromatic rings. The van der Waals surface area contributed by atoms with Gasteiger partial charge in [0.15, 0.2) is 0 Å². The van der Waals surface area contributed by atoms with Crippen LogP contribution in [0.2, 0.25) is 15.1 Å². The van der Waals surface area contributed by atoms with Crippen molar-refractivity contribution in [2.75, 3.05) is 5.43 Å². The molecule has 0 unspecified atom stereocenters. The highest BCUT2D eigenvalue weighted by atomic mass is 35.5. The van der Waals surface area contributed by atoms with Crippen molar-refractivity contribution in [2.24, 2.45) is 0 Å². The van der Waals surface area contributed by atoms with Gasteiger partial charge < -0.3 is 15.2 Å². The molecule has 4 N–H and O–H groups in total. The van der Waals surface area contributed by atoms with Gasteiger partial charge in [0.25, 0.3) is 0 Å². The predicted molar refractivity (Wildman–Crippen MR) is 60.3 cm³/mol. The Balaban J connectivity index is 2.90. The second-order valence-electron chi connectivity index (χ2n) is 2.53. The van der Waals surface area contributed by atoms with Crippen molar-refractivity contribution in [3.05, 3.63) is 27.2 Å². The second kappa shape index (κ2) is 4.89. The minimum atomic E-state index is -4.39. The Hall–Kier alpha value is -0.000000000000000167. The van der Waals surface area contributed by atoms with Crippen LogP contribution in [-0.4, -0.2) is 9.79 Å². The summed E-state index contributed by atoms with van der Waals surface area (Å²) in [5.41, 5.74) is 2.40. The minimum absolute atomic E-state index is 0.113. The van der Waals surface area contributed by atoms with Gasteiger partial charge in [0, 0.05) is 5.02 Å². The quantitative estimate of drug-likeness (QED) is 0.391. The van der Waals surface area contributed by atoms with E-state index in [9.17, 15) is 4.57 Å². The van der Waals surface area contributed by atoms with E-state index in [1.165, 1.54) is 12.1 Å². The van der Waals surface area contributed by atoms with Crippen molar-refractivity contribution in [1.29, 1.82) is 0 Å². The monoisotopic (exact) mass is 290 g/mol. The lowest BCUT2D eigenvalue weighted by Gasteiger charge is -2.11. The van der Waals surface area contributed by atoms with Gasteiger partial charge in [-0.05, 0) is 12.1 Å². The normalized spacial score (nSPS) is 11.5. The molecule has 5 nitrogen and oxygen atoms in total. The van der Waals surface area contributed by atoms with Gasteiger partial charge in [-0.25, -0.2) is 4.57 Å². The molecular weight excluding hydrogens is 285 g/mol. The van der Waals surface area contributed by atoms with Crippen LogP contribution in [0.4, 0.5) is 5.69 Å². The lowest BCUT2D eigenvalue weighted by atomic mass is 10.3. The maximum Gasteiger partial charge on any atom is 0.417 e. The summed E-state index contributed by atoms with van der Waals surface area (Å²) in [6.45, 7) is 0. The first-order valence-corrected chi connectivity index (χ1v) is 6.27. The van der Waals surface area contributed by atoms with Crippen LogP contribution in [0.15, 0.2) is 12.1 Å². The molecule has 9 heteroatoms. The number of anilines is 1. The summed E-state index contributed by atoms with van der Waals surface area (Å²) in [4.78, 5) is 17.1. The molecule has 0 radical (unpaired) electrons. The Morgan fingerprint density at radius 3 is 2.33 bits per heavy atom. The third-order valence-electron chi connectivity index (χ3n) is 1.33. The van der Waals surface area contributed by atoms with Crippen LogP contribution >= 0.6 is 42.5 Å². The van der Waals surface area contributed by atoms with Crippen LogP contribution < -0.4 is 10.6 Å². The molecule has 0 aliphatic carbocycles. The lowest BCUT2D eigenvalue weighted by molar-refractivity contribution is 0.362. The largest absolute Gasteiger partial charge is 0.417 e. The van der Waals surface area contributed by atoms with E-state index in [4.69, 9.17) is 44.6 Å². The highest BCUT2D eigenvalue weighted by Gasteiger charge is 2.13. The standard InChI is InChI=1S/C6H6Cl3N2O3P/c7-3-1-4(8)6(9)5(2-3)10-11-15(12,13)14/h1-2,10H,(H3,11,12,13,14). The average Bonchev–Trinajstić information content (AvgIpc) is 2.07. The van der Waals surface area contributed by atoms with E-state index >= 15 is 0 Å². The molecule has 1 aromatic carbocycles. The Kier molecular flexibility index (Phi) is 4.26. The van der Waals surface area contributed by atoms with E-state index in [2.05, 4.69) is 5.43 Å². The fourth-order valence-corrected chi connectivity index (χ4v) is 1.70. The SMILES string of the molecule is O=P(O)(O)NNc1cc(Cl)cc(Cl)c1Cl. The third-order valence-corrected chi connectivity index (χ3v) is 2.75. The van der Waals surface area contributed by atoms with E-state index in [0.717, 1.165) is 0 Å². The van der Waals surface area contributed by atoms with Gasteiger partial charge in [-0.15, -0.1) is 5.20 Å². The van der Waals surface area contributed by atoms with Crippen LogP contribution in [0.1, 0.15) is 0 Å². The topological polar surface area (TPSA) is 81.6 Å². The third kappa shape index (κ3) is 4.17. The number of hydrogen-bond donors (Lipinski definition) is 4. The summed E-state index contributed by atoms with van der Waals surface area (Å²) in [5, 5.41) is 2.33. The number of hydrogen-bond acceptors (Lipinski definition) is 2. The zero-order valence-electron chi connectivity index (χ0n) is 7.04. The maximum atomic E-state index is 10.5. The number of hydrazine groups is 1. The van der Waals surface area contributed by atoms with Gasteiger partial charge in [-0.2, -0.15) is 0 Å². The fraction of sp³-hybridized carbons (Fsp3) is 0. The molecule has 15 heavy (non-hydrogen) atoms. The number of benzene rings is 1. The van der Waals surface area contributed by atoms with Gasteiger partial charge in [0.1, 0.15) is 0 Å². The summed E-state index contributed by atoms with van der Waals surface area (Å²) in [7, 11) is -4.39. The molecule has 0 amide bonds. The van der Waals surface area contributed by atoms with E-state index < -0.39 is 7.75 Å². The predicted octanol–water partition coefficient (Wildman–Crippen LogP) is 2.66. The molecule has 84 valence electrons. The highest BCUT2D eigenvalue weighted by Crippen LogP contribution is 2.35. The molecule has 0 fully saturated rings. The summed E-state index contributed by atoms with van der Waals surface area (Å²) in [6.07, 6.45) is 0. The van der Waals surface area contributed by atoms with Gasteiger partial charge in [0.2, 0.25) is 0 Å². The zero-order chi connectivity index (χ0) is 11.6. The first-order chi connectivity index (χ1) is 6.79. The molecule has 0 bridgehead atoms. The van der Waals surface area contributed by atoms with E-state index in [0.29, 0.717) is 5.02 Å². The fourth-order valence-electron chi connectivity index (χ4n) is 0.780. The molecule has 1 rings (SSSR count). The van der Waals surface area contributed by atoms with Gasteiger partial charge >= 0.3 is 7.75 Å². The number of halogens is 3. The summed E-state index contributed by atoms with van der Waals surface area (Å²) in [5.74, 6) is 0. The Bertz CT molecular complexity index is 422. The molecular formula is C6H6Cl3N2O3P. The summed E-state index contributed by atoms with van der Waals surface area (Å²) < 4.78 is 10.5. The van der Waals surface area contributed by atoms with Crippen LogP contribution in [0, 0.1) is 0 Å². The average molecular weight is 291 g/mol. The molecule has 0 saturated carbocycles. The Morgan fingerprint density at radius 2 is 1.80 bits per heavy atom. The van der Waals surface area contributed by atoms with Crippen molar-refractivity contribution < 1.29 is 14.4 Å². The maximum absolute atomic E-state index is 10.5. The second-order valence-corrected chi connectivity index (χ2v) is 5.06. The molecule has 0 aliphatic rings. The van der Waals surface area contributed by atoms with Crippen molar-refractivity contribution in [1.82, 2.24) is 5.20 Å². The molecule has 0 aromatic heterocycles. The minimum Gasteiger partial charge on any atom is -0.311 e. The van der Waals surface area contributed by atoms with Crippen LogP contribution in [0.5, 0.6) is 0 Å². The molecule has 0 spiro atoms. The van der Waals surface area contributed by atoms with E-state index in [1.54, 1.807) is 5.20 Å². The van der Waals surface area contributed by atoms with Crippen LogP contribution in [-0.2, 0) is 4.57 Å². The van der Waals surface area contributed by atoms with Crippen LogP contribution in [0.25, 0.3) is 0 Å². The lowest BCUT2D eigenvalue weighted by Crippen LogP contribution is -2.17. The van der Waals surface area contributed by atoms with Gasteiger partial charge in [0.05, 0.1) is 15.7 Å². The van der Waals surface area contributed by atoms with E-state index in [1.807, 2.05) is 0 Å². The van der Waals surface area contributed by atoms with Crippen LogP contribution in [0.3, 0.4) is 0 Å². The highest BCUT2D eigenvalue weighted by molar-refractivity contribution is 7.49. The van der Waals surface area contributed by atoms with Crippen molar-refractivity contribution in [3.63, 3.8) is 0 Å². The molecule has 0 aliphatic heterocycles. The molecule has 0 heterocycles. The molecule has 0 atom stereocenters. The number of rotatable bonds is 3. The molecule has 0 saturated heterocycles. The Labute approximate surface area is 101 Å². The van der Waals surface area contributed by atoms with Gasteiger partial charge in [-0.3, -0.25) is 0 Å².